The Morgan fingerprint density at radius 1 is 1.46 bits per heavy atom. The summed E-state index contributed by atoms with van der Waals surface area (Å²) in [6, 6.07) is 0. The summed E-state index contributed by atoms with van der Waals surface area (Å²) in [5, 5.41) is 0. The van der Waals surface area contributed by atoms with E-state index in [1.807, 2.05) is 0 Å². The average Bonchev–Trinajstić information content (AvgIpc) is 2.86. The van der Waals surface area contributed by atoms with Gasteiger partial charge >= 0.3 is 0 Å². The molecule has 2 rings (SSSR count). The first-order chi connectivity index (χ1) is 6.15. The summed E-state index contributed by atoms with van der Waals surface area (Å²) in [5.74, 6) is -0.106. The van der Waals surface area contributed by atoms with E-state index in [4.69, 9.17) is 5.73 Å². The highest BCUT2D eigenvalue weighted by atomic mass is 16.2. The molecule has 2 unspecified atom stereocenters. The molecule has 0 spiro atoms. The predicted molar refractivity (Wildman–Crippen MR) is 46.5 cm³/mol. The maximum Gasteiger partial charge on any atom is 0.233 e. The number of carbonyl (C=O) groups is 2. The third kappa shape index (κ3) is 1.18. The fourth-order valence-electron chi connectivity index (χ4n) is 1.69. The van der Waals surface area contributed by atoms with Crippen LogP contribution in [-0.2, 0) is 9.59 Å². The Balaban J connectivity index is 2.04. The number of nitrogens with zero attached hydrogens (tertiary/aromatic N) is 1. The van der Waals surface area contributed by atoms with Crippen molar-refractivity contribution in [3.63, 3.8) is 0 Å². The number of fused-ring (bicyclic) bond motifs is 1. The molecule has 0 aromatic rings. The number of piperidine rings is 1. The normalized spacial score (nSPS) is 30.7. The average molecular weight is 180 g/mol. The number of hydrogen-bond acceptors (Lipinski definition) is 3. The molecule has 2 amide bonds. The van der Waals surface area contributed by atoms with Crippen LogP contribution in [0.15, 0.2) is 12.2 Å². The summed E-state index contributed by atoms with van der Waals surface area (Å²) < 4.78 is 0. The zero-order chi connectivity index (χ0) is 9.59. The maximum absolute atomic E-state index is 11.4. The van der Waals surface area contributed by atoms with E-state index in [1.165, 1.54) is 4.90 Å². The molecule has 4 heteroatoms. The highest BCUT2D eigenvalue weighted by molar-refractivity contribution is 6.09. The van der Waals surface area contributed by atoms with Crippen molar-refractivity contribution in [2.24, 2.45) is 17.6 Å². The second kappa shape index (κ2) is 2.67. The van der Waals surface area contributed by atoms with E-state index in [-0.39, 0.29) is 23.7 Å². The summed E-state index contributed by atoms with van der Waals surface area (Å²) in [7, 11) is 0. The number of amides is 2. The molecule has 0 radical (unpaired) electrons. The van der Waals surface area contributed by atoms with Crippen LogP contribution in [0.4, 0.5) is 0 Å². The van der Waals surface area contributed by atoms with E-state index in [2.05, 4.69) is 6.58 Å². The first kappa shape index (κ1) is 8.44. The second-order valence-corrected chi connectivity index (χ2v) is 3.67. The Morgan fingerprint density at radius 3 is 2.46 bits per heavy atom. The zero-order valence-electron chi connectivity index (χ0n) is 7.32. The van der Waals surface area contributed by atoms with E-state index in [1.54, 1.807) is 0 Å². The van der Waals surface area contributed by atoms with Gasteiger partial charge in [-0.15, -0.1) is 0 Å². The molecule has 0 aromatic carbocycles. The minimum absolute atomic E-state index is 0.0157. The SMILES string of the molecule is C=C(CN)CN1C(=O)C2CC2C1=O. The van der Waals surface area contributed by atoms with Crippen LogP contribution >= 0.6 is 0 Å². The third-order valence-corrected chi connectivity index (χ3v) is 2.63. The molecule has 70 valence electrons. The molecule has 1 saturated carbocycles. The Kier molecular flexibility index (Phi) is 1.73. The Morgan fingerprint density at radius 2 is 2.00 bits per heavy atom. The highest BCUT2D eigenvalue weighted by Crippen LogP contribution is 2.46. The molecule has 2 aliphatic rings. The van der Waals surface area contributed by atoms with Crippen molar-refractivity contribution in [3.8, 4) is 0 Å². The van der Waals surface area contributed by atoms with Crippen LogP contribution in [0.3, 0.4) is 0 Å². The summed E-state index contributed by atoms with van der Waals surface area (Å²) in [6.07, 6.45) is 0.753. The minimum atomic E-state index is -0.0374. The van der Waals surface area contributed by atoms with Crippen LogP contribution in [0.2, 0.25) is 0 Å². The van der Waals surface area contributed by atoms with Crippen molar-refractivity contribution in [2.75, 3.05) is 13.1 Å². The molecule has 1 aliphatic carbocycles. The number of hydrogen-bond donors (Lipinski definition) is 1. The molecule has 2 fully saturated rings. The molecule has 0 bridgehead atoms. The number of carbonyl (C=O) groups excluding carboxylic acids is 2. The van der Waals surface area contributed by atoms with Crippen molar-refractivity contribution in [1.82, 2.24) is 4.90 Å². The van der Waals surface area contributed by atoms with Crippen LogP contribution in [0.5, 0.6) is 0 Å². The standard InChI is InChI=1S/C9H12N2O2/c1-5(3-10)4-11-8(12)6-2-7(6)9(11)13/h6-7H,1-4,10H2. The molecule has 2 N–H and O–H groups in total. The van der Waals surface area contributed by atoms with Crippen LogP contribution in [0, 0.1) is 11.8 Å². The van der Waals surface area contributed by atoms with Gasteiger partial charge in [-0.05, 0) is 12.0 Å². The lowest BCUT2D eigenvalue weighted by molar-refractivity contribution is -0.140. The monoisotopic (exact) mass is 180 g/mol. The maximum atomic E-state index is 11.4. The fraction of sp³-hybridized carbons (Fsp3) is 0.556. The van der Waals surface area contributed by atoms with Gasteiger partial charge in [-0.1, -0.05) is 6.58 Å². The van der Waals surface area contributed by atoms with Gasteiger partial charge in [0, 0.05) is 6.54 Å². The van der Waals surface area contributed by atoms with Gasteiger partial charge in [0.25, 0.3) is 0 Å². The molecule has 1 saturated heterocycles. The van der Waals surface area contributed by atoms with E-state index in [0.29, 0.717) is 13.1 Å². The van der Waals surface area contributed by atoms with Gasteiger partial charge in [0.05, 0.1) is 18.4 Å². The van der Waals surface area contributed by atoms with Gasteiger partial charge < -0.3 is 5.73 Å². The highest BCUT2D eigenvalue weighted by Gasteiger charge is 2.58. The molecule has 2 atom stereocenters. The lowest BCUT2D eigenvalue weighted by atomic mass is 10.2. The molecule has 1 aliphatic heterocycles. The van der Waals surface area contributed by atoms with Crippen molar-refractivity contribution >= 4 is 11.8 Å². The van der Waals surface area contributed by atoms with Crippen LogP contribution in [0.1, 0.15) is 6.42 Å². The topological polar surface area (TPSA) is 63.4 Å². The van der Waals surface area contributed by atoms with E-state index < -0.39 is 0 Å². The summed E-state index contributed by atoms with van der Waals surface area (Å²) in [4.78, 5) is 24.1. The van der Waals surface area contributed by atoms with Crippen molar-refractivity contribution in [2.45, 2.75) is 6.42 Å². The summed E-state index contributed by atoms with van der Waals surface area (Å²) in [5.41, 5.74) is 6.06. The summed E-state index contributed by atoms with van der Waals surface area (Å²) >= 11 is 0. The lowest BCUT2D eigenvalue weighted by Gasteiger charge is -2.16. The number of rotatable bonds is 3. The van der Waals surface area contributed by atoms with Crippen LogP contribution < -0.4 is 5.73 Å². The molecular weight excluding hydrogens is 168 g/mol. The predicted octanol–water partition coefficient (Wildman–Crippen LogP) is -0.494. The van der Waals surface area contributed by atoms with Crippen molar-refractivity contribution < 1.29 is 9.59 Å². The molecule has 13 heavy (non-hydrogen) atoms. The Labute approximate surface area is 76.4 Å². The first-order valence-corrected chi connectivity index (χ1v) is 4.37. The molecule has 4 nitrogen and oxygen atoms in total. The van der Waals surface area contributed by atoms with E-state index in [0.717, 1.165) is 12.0 Å². The smallest absolute Gasteiger partial charge is 0.233 e. The second-order valence-electron chi connectivity index (χ2n) is 3.67. The molecular formula is C9H12N2O2. The van der Waals surface area contributed by atoms with E-state index in [9.17, 15) is 9.59 Å². The van der Waals surface area contributed by atoms with Crippen LogP contribution in [-0.4, -0.2) is 29.8 Å². The first-order valence-electron chi connectivity index (χ1n) is 4.37. The van der Waals surface area contributed by atoms with Crippen molar-refractivity contribution in [3.05, 3.63) is 12.2 Å². The van der Waals surface area contributed by atoms with Gasteiger partial charge in [-0.25, -0.2) is 0 Å². The number of nitrogens with two attached hydrogens (primary N) is 1. The van der Waals surface area contributed by atoms with Gasteiger partial charge in [-0.2, -0.15) is 0 Å². The van der Waals surface area contributed by atoms with Gasteiger partial charge in [0.2, 0.25) is 11.8 Å². The fourth-order valence-corrected chi connectivity index (χ4v) is 1.69. The Bertz CT molecular complexity index is 278. The largest absolute Gasteiger partial charge is 0.327 e. The third-order valence-electron chi connectivity index (χ3n) is 2.63. The summed E-state index contributed by atoms with van der Waals surface area (Å²) in [6.45, 7) is 4.31. The zero-order valence-corrected chi connectivity index (χ0v) is 7.32. The quantitative estimate of drug-likeness (QED) is 0.470. The van der Waals surface area contributed by atoms with Crippen molar-refractivity contribution in [1.29, 1.82) is 0 Å². The van der Waals surface area contributed by atoms with E-state index >= 15 is 0 Å². The number of imide groups is 1. The molecule has 1 heterocycles. The van der Waals surface area contributed by atoms with Gasteiger partial charge in [0.15, 0.2) is 0 Å². The van der Waals surface area contributed by atoms with Crippen LogP contribution in [0.25, 0.3) is 0 Å². The lowest BCUT2D eigenvalue weighted by Crippen LogP contribution is -2.35. The Hall–Kier alpha value is -1.16. The number of likely N-dealkylation sites (tertiary alicyclic amines) is 1. The van der Waals surface area contributed by atoms with Gasteiger partial charge in [0.1, 0.15) is 0 Å². The van der Waals surface area contributed by atoms with Gasteiger partial charge in [-0.3, -0.25) is 14.5 Å². The molecule has 0 aromatic heterocycles. The minimum Gasteiger partial charge on any atom is -0.327 e.